The minimum absolute atomic E-state index is 0.288. The summed E-state index contributed by atoms with van der Waals surface area (Å²) in [5.74, 6) is 0.935. The summed E-state index contributed by atoms with van der Waals surface area (Å²) in [6.07, 6.45) is 1.67. The van der Waals surface area contributed by atoms with E-state index in [4.69, 9.17) is 16.9 Å². The largest absolute Gasteiger partial charge is 0.284 e. The summed E-state index contributed by atoms with van der Waals surface area (Å²) in [7, 11) is 0. The van der Waals surface area contributed by atoms with E-state index in [-0.39, 0.29) is 5.88 Å². The Morgan fingerprint density at radius 2 is 2.31 bits per heavy atom. The quantitative estimate of drug-likeness (QED) is 0.641. The maximum Gasteiger partial charge on any atom is 0.160 e. The van der Waals surface area contributed by atoms with Crippen molar-refractivity contribution in [2.75, 3.05) is 0 Å². The molecule has 0 fully saturated rings. The normalized spacial score (nSPS) is 10.2. The molecule has 2 aromatic heterocycles. The van der Waals surface area contributed by atoms with Crippen LogP contribution in [-0.2, 0) is 5.88 Å². The van der Waals surface area contributed by atoms with Crippen molar-refractivity contribution in [2.45, 2.75) is 5.88 Å². The van der Waals surface area contributed by atoms with Crippen molar-refractivity contribution in [1.82, 2.24) is 14.6 Å². The van der Waals surface area contributed by atoms with Crippen LogP contribution in [-0.4, -0.2) is 14.6 Å². The molecule has 0 saturated heterocycles. The number of hydrogen-bond donors (Lipinski definition) is 0. The fraction of sp³-hybridized carbons (Fsp3) is 0.125. The maximum absolute atomic E-state index is 8.66. The number of halogens is 1. The third-order valence-electron chi connectivity index (χ3n) is 1.72. The van der Waals surface area contributed by atoms with Gasteiger partial charge in [0.2, 0.25) is 0 Å². The van der Waals surface area contributed by atoms with Gasteiger partial charge in [-0.05, 0) is 12.1 Å². The molecule has 0 atom stereocenters. The summed E-state index contributed by atoms with van der Waals surface area (Å²) in [6.45, 7) is 0. The lowest BCUT2D eigenvalue weighted by Crippen LogP contribution is -1.91. The molecule has 2 rings (SSSR count). The van der Waals surface area contributed by atoms with Crippen LogP contribution in [0, 0.1) is 11.3 Å². The van der Waals surface area contributed by atoms with Crippen LogP contribution in [0.3, 0.4) is 0 Å². The summed E-state index contributed by atoms with van der Waals surface area (Å²) in [5, 5.41) is 16.4. The van der Waals surface area contributed by atoms with Gasteiger partial charge >= 0.3 is 0 Å². The van der Waals surface area contributed by atoms with Gasteiger partial charge in [-0.25, -0.2) is 0 Å². The Morgan fingerprint density at radius 3 is 3.00 bits per heavy atom. The van der Waals surface area contributed by atoms with E-state index < -0.39 is 0 Å². The van der Waals surface area contributed by atoms with Crippen molar-refractivity contribution in [1.29, 1.82) is 5.26 Å². The van der Waals surface area contributed by atoms with Crippen LogP contribution in [0.5, 0.6) is 0 Å². The molecule has 0 spiro atoms. The predicted octanol–water partition coefficient (Wildman–Crippen LogP) is 1.34. The van der Waals surface area contributed by atoms with Crippen LogP contribution < -0.4 is 0 Å². The van der Waals surface area contributed by atoms with Crippen LogP contribution in [0.4, 0.5) is 0 Å². The Balaban J connectivity index is 2.73. The van der Waals surface area contributed by atoms with Crippen LogP contribution >= 0.6 is 11.6 Å². The second kappa shape index (κ2) is 3.04. The molecule has 0 N–H and O–H groups in total. The van der Waals surface area contributed by atoms with E-state index in [0.29, 0.717) is 17.0 Å². The maximum atomic E-state index is 8.66. The van der Waals surface area contributed by atoms with Crippen molar-refractivity contribution in [3.8, 4) is 6.07 Å². The summed E-state index contributed by atoms with van der Waals surface area (Å²) in [5.41, 5.74) is 1.27. The Kier molecular flexibility index (Phi) is 1.87. The predicted molar refractivity (Wildman–Crippen MR) is 47.3 cm³/mol. The van der Waals surface area contributed by atoms with Gasteiger partial charge in [0.25, 0.3) is 0 Å². The molecule has 2 aromatic rings. The van der Waals surface area contributed by atoms with Crippen molar-refractivity contribution in [2.24, 2.45) is 0 Å². The number of nitriles is 1. The van der Waals surface area contributed by atoms with E-state index in [0.717, 1.165) is 0 Å². The number of rotatable bonds is 1. The lowest BCUT2D eigenvalue weighted by Gasteiger charge is -1.94. The molecule has 4 nitrogen and oxygen atoms in total. The molecule has 0 aliphatic carbocycles. The van der Waals surface area contributed by atoms with Crippen LogP contribution in [0.2, 0.25) is 0 Å². The highest BCUT2D eigenvalue weighted by atomic mass is 35.5. The van der Waals surface area contributed by atoms with Gasteiger partial charge in [-0.2, -0.15) is 5.26 Å². The summed E-state index contributed by atoms with van der Waals surface area (Å²) >= 11 is 5.64. The molecule has 2 heterocycles. The van der Waals surface area contributed by atoms with Gasteiger partial charge in [-0.1, -0.05) is 0 Å². The van der Waals surface area contributed by atoms with E-state index in [1.54, 1.807) is 22.7 Å². The number of fused-ring (bicyclic) bond motifs is 1. The topological polar surface area (TPSA) is 54.0 Å². The van der Waals surface area contributed by atoms with Gasteiger partial charge in [-0.15, -0.1) is 21.8 Å². The van der Waals surface area contributed by atoms with Crippen molar-refractivity contribution in [3.63, 3.8) is 0 Å². The van der Waals surface area contributed by atoms with Crippen molar-refractivity contribution < 1.29 is 0 Å². The van der Waals surface area contributed by atoms with E-state index >= 15 is 0 Å². The van der Waals surface area contributed by atoms with E-state index in [1.165, 1.54) is 0 Å². The van der Waals surface area contributed by atoms with Gasteiger partial charge in [0, 0.05) is 6.20 Å². The summed E-state index contributed by atoms with van der Waals surface area (Å²) in [4.78, 5) is 0. The Hall–Kier alpha value is -1.60. The van der Waals surface area contributed by atoms with Crippen molar-refractivity contribution >= 4 is 17.2 Å². The highest BCUT2D eigenvalue weighted by Gasteiger charge is 2.03. The lowest BCUT2D eigenvalue weighted by molar-refractivity contribution is 0.984. The highest BCUT2D eigenvalue weighted by Crippen LogP contribution is 2.07. The fourth-order valence-electron chi connectivity index (χ4n) is 1.10. The van der Waals surface area contributed by atoms with Crippen LogP contribution in [0.25, 0.3) is 5.65 Å². The standard InChI is InChI=1S/C8H5ClN4/c9-3-8-12-11-7-2-1-6(4-10)5-13(7)8/h1-2,5H,3H2. The second-order valence-electron chi connectivity index (χ2n) is 2.51. The first-order chi connectivity index (χ1) is 6.35. The number of pyridine rings is 1. The van der Waals surface area contributed by atoms with E-state index in [1.807, 2.05) is 6.07 Å². The zero-order valence-electron chi connectivity index (χ0n) is 6.61. The minimum atomic E-state index is 0.288. The molecule has 0 aromatic carbocycles. The Morgan fingerprint density at radius 1 is 1.46 bits per heavy atom. The lowest BCUT2D eigenvalue weighted by atomic mass is 10.3. The Labute approximate surface area is 79.4 Å². The fourth-order valence-corrected chi connectivity index (χ4v) is 1.28. The minimum Gasteiger partial charge on any atom is -0.284 e. The molecule has 5 heteroatoms. The molecule has 0 aliphatic heterocycles. The number of nitrogens with zero attached hydrogens (tertiary/aromatic N) is 4. The first-order valence-electron chi connectivity index (χ1n) is 3.65. The molecule has 0 unspecified atom stereocenters. The number of alkyl halides is 1. The number of hydrogen-bond acceptors (Lipinski definition) is 3. The third-order valence-corrected chi connectivity index (χ3v) is 1.96. The SMILES string of the molecule is N#Cc1ccc2nnc(CCl)n2c1. The van der Waals surface area contributed by atoms with Gasteiger partial charge < -0.3 is 0 Å². The molecule has 0 saturated carbocycles. The average Bonchev–Trinajstić information content (AvgIpc) is 2.59. The van der Waals surface area contributed by atoms with Crippen LogP contribution in [0.1, 0.15) is 11.4 Å². The van der Waals surface area contributed by atoms with Gasteiger partial charge in [0.1, 0.15) is 6.07 Å². The molecule has 64 valence electrons. The Bertz CT molecular complexity index is 482. The van der Waals surface area contributed by atoms with Crippen LogP contribution in [0.15, 0.2) is 18.3 Å². The van der Waals surface area contributed by atoms with E-state index in [9.17, 15) is 0 Å². The molecule has 0 bridgehead atoms. The number of aromatic nitrogens is 3. The summed E-state index contributed by atoms with van der Waals surface area (Å²) in [6, 6.07) is 5.47. The molecule has 13 heavy (non-hydrogen) atoms. The molecular formula is C8H5ClN4. The van der Waals surface area contributed by atoms with Gasteiger partial charge in [-0.3, -0.25) is 4.40 Å². The second-order valence-corrected chi connectivity index (χ2v) is 2.77. The van der Waals surface area contributed by atoms with Gasteiger partial charge in [0.15, 0.2) is 11.5 Å². The van der Waals surface area contributed by atoms with Crippen molar-refractivity contribution in [3.05, 3.63) is 29.7 Å². The molecular weight excluding hydrogens is 188 g/mol. The zero-order valence-corrected chi connectivity index (χ0v) is 7.36. The summed E-state index contributed by atoms with van der Waals surface area (Å²) < 4.78 is 1.71. The van der Waals surface area contributed by atoms with Gasteiger partial charge in [0.05, 0.1) is 11.4 Å². The monoisotopic (exact) mass is 192 g/mol. The highest BCUT2D eigenvalue weighted by molar-refractivity contribution is 6.16. The average molecular weight is 193 g/mol. The zero-order chi connectivity index (χ0) is 9.26. The first kappa shape index (κ1) is 8.02. The molecule has 0 amide bonds. The molecule has 0 aliphatic rings. The smallest absolute Gasteiger partial charge is 0.160 e. The third kappa shape index (κ3) is 1.23. The first-order valence-corrected chi connectivity index (χ1v) is 4.18. The van der Waals surface area contributed by atoms with E-state index in [2.05, 4.69) is 10.2 Å². The molecule has 0 radical (unpaired) electrons.